The normalized spacial score (nSPS) is 17.4. The summed E-state index contributed by atoms with van der Waals surface area (Å²) < 4.78 is 14.9. The van der Waals surface area contributed by atoms with E-state index >= 15 is 0 Å². The van der Waals surface area contributed by atoms with Crippen LogP contribution < -0.4 is 0 Å². The minimum absolute atomic E-state index is 0.420. The molecule has 0 spiro atoms. The van der Waals surface area contributed by atoms with E-state index in [2.05, 4.69) is 0 Å². The summed E-state index contributed by atoms with van der Waals surface area (Å²) in [7, 11) is 1.35. The topological polar surface area (TPSA) is 91.4 Å². The van der Waals surface area contributed by atoms with Gasteiger partial charge in [-0.1, -0.05) is 33.8 Å². The number of hydrogen-bond donors (Lipinski definition) is 0. The average Bonchev–Trinajstić information content (AvgIpc) is 2.97. The first-order valence-electron chi connectivity index (χ1n) is 10.7. The molecule has 1 atom stereocenters. The van der Waals surface area contributed by atoms with Gasteiger partial charge in [-0.3, -0.25) is 4.79 Å². The first-order valence-corrected chi connectivity index (χ1v) is 10.7. The number of carbonyl (C=O) groups excluding carboxylic acids is 3. The van der Waals surface area contributed by atoms with Gasteiger partial charge in [0.15, 0.2) is 0 Å². The van der Waals surface area contributed by atoms with Crippen molar-refractivity contribution in [3.63, 3.8) is 0 Å². The van der Waals surface area contributed by atoms with E-state index in [-0.39, 0.29) is 0 Å². The minimum Gasteiger partial charge on any atom is -0.465 e. The van der Waals surface area contributed by atoms with Crippen LogP contribution in [0, 0.1) is 0 Å². The van der Waals surface area contributed by atoms with Crippen LogP contribution in [0.5, 0.6) is 0 Å². The van der Waals surface area contributed by atoms with Gasteiger partial charge < -0.3 is 19.0 Å². The molecule has 1 aliphatic rings. The highest BCUT2D eigenvalue weighted by Crippen LogP contribution is 2.56. The van der Waals surface area contributed by atoms with Crippen LogP contribution in [0.3, 0.4) is 0 Å². The van der Waals surface area contributed by atoms with Gasteiger partial charge in [0.1, 0.15) is 0 Å². The second-order valence-electron chi connectivity index (χ2n) is 7.66. The molecule has 8 nitrogen and oxygen atoms in total. The average molecular weight is 436 g/mol. The summed E-state index contributed by atoms with van der Waals surface area (Å²) >= 11 is 0. The summed E-state index contributed by atoms with van der Waals surface area (Å²) in [6.07, 6.45) is 0.583. The van der Waals surface area contributed by atoms with E-state index < -0.39 is 35.5 Å². The number of hydroxylamine groups is 2. The molecule has 1 heterocycles. The van der Waals surface area contributed by atoms with Gasteiger partial charge in [0.05, 0.1) is 23.8 Å². The van der Waals surface area contributed by atoms with E-state index in [1.54, 1.807) is 11.1 Å². The van der Waals surface area contributed by atoms with Crippen LogP contribution in [-0.4, -0.2) is 36.6 Å². The van der Waals surface area contributed by atoms with Crippen molar-refractivity contribution in [2.45, 2.75) is 84.6 Å². The minimum atomic E-state index is -1.07. The van der Waals surface area contributed by atoms with Crippen molar-refractivity contribution in [2.75, 3.05) is 7.11 Å². The zero-order chi connectivity index (χ0) is 23.4. The highest BCUT2D eigenvalue weighted by Gasteiger charge is 2.58. The van der Waals surface area contributed by atoms with Crippen molar-refractivity contribution >= 4 is 18.1 Å². The van der Waals surface area contributed by atoms with Gasteiger partial charge in [-0.2, -0.15) is 0 Å². The number of carbonyl (C=O) groups is 3. The standard InChI is InChI=1S/C23H33NO7/c1-8-22(9-2)18-13-12-17(20(26)28-7)14-19(18)23(10-3,11-4)24(22)31-21(27)30-16(6)29-15(5)25/h12-14,16H,8-11H2,1-7H3. The summed E-state index contributed by atoms with van der Waals surface area (Å²) in [5.74, 6) is -0.978. The third-order valence-electron chi connectivity index (χ3n) is 6.32. The van der Waals surface area contributed by atoms with Crippen molar-refractivity contribution in [2.24, 2.45) is 0 Å². The molecule has 0 aliphatic carbocycles. The van der Waals surface area contributed by atoms with Gasteiger partial charge in [-0.25, -0.2) is 9.59 Å². The maximum Gasteiger partial charge on any atom is 0.531 e. The first-order chi connectivity index (χ1) is 14.6. The molecule has 31 heavy (non-hydrogen) atoms. The number of fused-ring (bicyclic) bond motifs is 1. The quantitative estimate of drug-likeness (QED) is 0.425. The van der Waals surface area contributed by atoms with Crippen LogP contribution in [0.1, 0.15) is 88.7 Å². The Morgan fingerprint density at radius 2 is 1.48 bits per heavy atom. The third kappa shape index (κ3) is 4.26. The Hall–Kier alpha value is -2.61. The Labute approximate surface area is 183 Å². The van der Waals surface area contributed by atoms with Crippen LogP contribution >= 0.6 is 0 Å². The van der Waals surface area contributed by atoms with Gasteiger partial charge in [0.25, 0.3) is 0 Å². The highest BCUT2D eigenvalue weighted by atomic mass is 16.9. The summed E-state index contributed by atoms with van der Waals surface area (Å²) in [6.45, 7) is 10.8. The highest BCUT2D eigenvalue weighted by molar-refractivity contribution is 5.89. The molecule has 0 bridgehead atoms. The Balaban J connectivity index is 2.55. The Morgan fingerprint density at radius 3 is 1.97 bits per heavy atom. The smallest absolute Gasteiger partial charge is 0.465 e. The molecule has 0 N–H and O–H groups in total. The van der Waals surface area contributed by atoms with Gasteiger partial charge in [-0.05, 0) is 48.9 Å². The predicted octanol–water partition coefficient (Wildman–Crippen LogP) is 4.80. The van der Waals surface area contributed by atoms with E-state index in [4.69, 9.17) is 19.0 Å². The monoisotopic (exact) mass is 435 g/mol. The summed E-state index contributed by atoms with van der Waals surface area (Å²) in [4.78, 5) is 41.8. The molecule has 8 heteroatoms. The molecule has 0 aromatic heterocycles. The van der Waals surface area contributed by atoms with E-state index in [9.17, 15) is 14.4 Å². The molecule has 0 saturated heterocycles. The zero-order valence-electron chi connectivity index (χ0n) is 19.4. The number of hydrogen-bond acceptors (Lipinski definition) is 8. The molecule has 0 fully saturated rings. The summed E-state index contributed by atoms with van der Waals surface area (Å²) in [5, 5.41) is 1.73. The Morgan fingerprint density at radius 1 is 0.935 bits per heavy atom. The van der Waals surface area contributed by atoms with Crippen LogP contribution in [0.15, 0.2) is 18.2 Å². The maximum atomic E-state index is 12.7. The van der Waals surface area contributed by atoms with Crippen LogP contribution in [0.4, 0.5) is 4.79 Å². The number of methoxy groups -OCH3 is 1. The molecule has 2 rings (SSSR count). The van der Waals surface area contributed by atoms with E-state index in [1.807, 2.05) is 39.8 Å². The van der Waals surface area contributed by atoms with Crippen molar-refractivity contribution < 1.29 is 33.4 Å². The second-order valence-corrected chi connectivity index (χ2v) is 7.66. The summed E-state index contributed by atoms with van der Waals surface area (Å²) in [6, 6.07) is 5.50. The number of benzene rings is 1. The molecule has 1 aromatic carbocycles. The van der Waals surface area contributed by atoms with E-state index in [1.165, 1.54) is 21.0 Å². The van der Waals surface area contributed by atoms with Crippen LogP contribution in [0.25, 0.3) is 0 Å². The van der Waals surface area contributed by atoms with Crippen LogP contribution in [0.2, 0.25) is 0 Å². The second kappa shape index (κ2) is 9.68. The van der Waals surface area contributed by atoms with E-state index in [0.717, 1.165) is 11.1 Å². The van der Waals surface area contributed by atoms with Crippen molar-refractivity contribution in [3.05, 3.63) is 34.9 Å². The predicted molar refractivity (Wildman–Crippen MR) is 113 cm³/mol. The fraction of sp³-hybridized carbons (Fsp3) is 0.609. The fourth-order valence-electron chi connectivity index (χ4n) is 4.71. The maximum absolute atomic E-state index is 12.7. The van der Waals surface area contributed by atoms with Gasteiger partial charge in [0, 0.05) is 13.8 Å². The lowest BCUT2D eigenvalue weighted by molar-refractivity contribution is -0.259. The van der Waals surface area contributed by atoms with Gasteiger partial charge in [0.2, 0.25) is 6.29 Å². The molecule has 1 aliphatic heterocycles. The largest absolute Gasteiger partial charge is 0.531 e. The third-order valence-corrected chi connectivity index (χ3v) is 6.32. The molecule has 1 aromatic rings. The van der Waals surface area contributed by atoms with Crippen LogP contribution in [-0.2, 0) is 34.9 Å². The van der Waals surface area contributed by atoms with E-state index in [0.29, 0.717) is 31.2 Å². The Bertz CT molecular complexity index is 827. The summed E-state index contributed by atoms with van der Waals surface area (Å²) in [5.41, 5.74) is 1.13. The lowest BCUT2D eigenvalue weighted by Gasteiger charge is -2.44. The number of esters is 2. The number of ether oxygens (including phenoxy) is 3. The fourth-order valence-corrected chi connectivity index (χ4v) is 4.71. The van der Waals surface area contributed by atoms with Crippen molar-refractivity contribution in [1.82, 2.24) is 5.06 Å². The molecule has 0 radical (unpaired) electrons. The van der Waals surface area contributed by atoms with Gasteiger partial charge >= 0.3 is 18.1 Å². The number of nitrogens with zero attached hydrogens (tertiary/aromatic N) is 1. The molecule has 0 saturated carbocycles. The molecular weight excluding hydrogens is 402 g/mol. The SMILES string of the molecule is CCC1(CC)c2ccc(C(=O)OC)cc2C(CC)(CC)N1OC(=O)OC(C)OC(C)=O. The number of rotatable bonds is 8. The molecule has 172 valence electrons. The lowest BCUT2D eigenvalue weighted by Crippen LogP contribution is -2.51. The lowest BCUT2D eigenvalue weighted by atomic mass is 9.82. The Kier molecular flexibility index (Phi) is 7.70. The van der Waals surface area contributed by atoms with Crippen molar-refractivity contribution in [1.29, 1.82) is 0 Å². The zero-order valence-corrected chi connectivity index (χ0v) is 19.4. The molecule has 0 amide bonds. The van der Waals surface area contributed by atoms with Crippen molar-refractivity contribution in [3.8, 4) is 0 Å². The van der Waals surface area contributed by atoms with Gasteiger partial charge in [-0.15, -0.1) is 5.06 Å². The first kappa shape index (κ1) is 24.7. The molecule has 1 unspecified atom stereocenters. The molecular formula is C23H33NO7.